The van der Waals surface area contributed by atoms with Gasteiger partial charge in [0.2, 0.25) is 0 Å². The number of thiazole rings is 1. The maximum absolute atomic E-state index is 11.3. The van der Waals surface area contributed by atoms with Gasteiger partial charge in [0.05, 0.1) is 18.2 Å². The van der Waals surface area contributed by atoms with Gasteiger partial charge < -0.3 is 15.2 Å². The van der Waals surface area contributed by atoms with Crippen molar-refractivity contribution in [2.75, 3.05) is 19.7 Å². The van der Waals surface area contributed by atoms with E-state index in [0.29, 0.717) is 25.3 Å². The quantitative estimate of drug-likeness (QED) is 0.548. The third-order valence-corrected chi connectivity index (χ3v) is 2.74. The first-order valence-corrected chi connectivity index (χ1v) is 6.05. The molecule has 1 heterocycles. The van der Waals surface area contributed by atoms with Gasteiger partial charge in [-0.1, -0.05) is 0 Å². The van der Waals surface area contributed by atoms with Crippen molar-refractivity contribution in [1.82, 2.24) is 10.3 Å². The molecular weight excluding hydrogens is 244 g/mol. The van der Waals surface area contributed by atoms with Gasteiger partial charge in [-0.2, -0.15) is 0 Å². The number of nitrogens with zero attached hydrogens (tertiary/aromatic N) is 1. The molecule has 0 aliphatic carbocycles. The molecule has 6 nitrogen and oxygen atoms in total. The minimum Gasteiger partial charge on any atom is -0.480 e. The second-order valence-electron chi connectivity index (χ2n) is 3.17. The van der Waals surface area contributed by atoms with Gasteiger partial charge in [0.15, 0.2) is 5.69 Å². The van der Waals surface area contributed by atoms with E-state index >= 15 is 0 Å². The number of hydrogen-bond donors (Lipinski definition) is 2. The van der Waals surface area contributed by atoms with Gasteiger partial charge in [0.25, 0.3) is 0 Å². The predicted molar refractivity (Wildman–Crippen MR) is 62.3 cm³/mol. The maximum Gasteiger partial charge on any atom is 0.357 e. The summed E-state index contributed by atoms with van der Waals surface area (Å²) in [5, 5.41) is 13.6. The Hall–Kier alpha value is -1.47. The van der Waals surface area contributed by atoms with Gasteiger partial charge in [-0.25, -0.2) is 9.78 Å². The average Bonchev–Trinajstić information content (AvgIpc) is 2.73. The summed E-state index contributed by atoms with van der Waals surface area (Å²) in [5.74, 6) is -1.31. The highest BCUT2D eigenvalue weighted by atomic mass is 32.1. The third-order valence-electron chi connectivity index (χ3n) is 1.83. The molecule has 0 spiro atoms. The Bertz CT molecular complexity index is 391. The topological polar surface area (TPSA) is 88.5 Å². The molecule has 0 saturated carbocycles. The fourth-order valence-electron chi connectivity index (χ4n) is 1.12. The van der Waals surface area contributed by atoms with Crippen LogP contribution in [0.1, 0.15) is 22.4 Å². The first kappa shape index (κ1) is 13.6. The second kappa shape index (κ2) is 6.97. The zero-order valence-electron chi connectivity index (χ0n) is 9.43. The van der Waals surface area contributed by atoms with E-state index in [2.05, 4.69) is 10.3 Å². The summed E-state index contributed by atoms with van der Waals surface area (Å²) in [6.45, 7) is 2.51. The highest BCUT2D eigenvalue weighted by Crippen LogP contribution is 2.11. The Balaban J connectivity index is 2.35. The molecule has 0 aromatic carbocycles. The number of carboxylic acids is 1. The lowest BCUT2D eigenvalue weighted by atomic mass is 10.4. The van der Waals surface area contributed by atoms with Crippen LogP contribution >= 0.6 is 11.3 Å². The molecule has 0 aliphatic rings. The molecule has 1 aromatic heterocycles. The van der Waals surface area contributed by atoms with E-state index in [1.54, 1.807) is 12.3 Å². The number of nitrogens with one attached hydrogen (secondary N) is 1. The highest BCUT2D eigenvalue weighted by molar-refractivity contribution is 7.09. The Morgan fingerprint density at radius 3 is 3.00 bits per heavy atom. The highest BCUT2D eigenvalue weighted by Gasteiger charge is 2.11. The number of aromatic nitrogens is 1. The number of carbonyl (C=O) groups excluding carboxylic acids is 1. The third kappa shape index (κ3) is 4.92. The molecule has 0 unspecified atom stereocenters. The van der Waals surface area contributed by atoms with E-state index < -0.39 is 11.9 Å². The normalized spacial score (nSPS) is 10.2. The van der Waals surface area contributed by atoms with E-state index in [1.807, 2.05) is 0 Å². The van der Waals surface area contributed by atoms with Crippen LogP contribution in [0.15, 0.2) is 5.38 Å². The summed E-state index contributed by atoms with van der Waals surface area (Å²) >= 11 is 1.36. The Morgan fingerprint density at radius 1 is 1.59 bits per heavy atom. The number of carboxylic acid groups (broad SMARTS) is 1. The first-order chi connectivity index (χ1) is 8.13. The van der Waals surface area contributed by atoms with Crippen LogP contribution in [0.5, 0.6) is 0 Å². The number of ether oxygens (including phenoxy) is 1. The van der Waals surface area contributed by atoms with Crippen molar-refractivity contribution < 1.29 is 19.4 Å². The molecule has 7 heteroatoms. The zero-order valence-corrected chi connectivity index (χ0v) is 10.2. The zero-order chi connectivity index (χ0) is 12.7. The molecule has 1 aromatic rings. The fraction of sp³-hybridized carbons (Fsp3) is 0.500. The number of carbonyl (C=O) groups is 2. The van der Waals surface area contributed by atoms with Gasteiger partial charge in [-0.15, -0.1) is 11.3 Å². The van der Waals surface area contributed by atoms with E-state index in [1.165, 1.54) is 11.3 Å². The molecule has 0 aliphatic heterocycles. The Kier molecular flexibility index (Phi) is 5.58. The lowest BCUT2D eigenvalue weighted by Crippen LogP contribution is -2.24. The van der Waals surface area contributed by atoms with Crippen molar-refractivity contribution in [3.8, 4) is 0 Å². The predicted octanol–water partition coefficient (Wildman–Crippen LogP) is 0.536. The lowest BCUT2D eigenvalue weighted by Gasteiger charge is -1.98. The van der Waals surface area contributed by atoms with Crippen molar-refractivity contribution >= 4 is 23.3 Å². The molecule has 0 radical (unpaired) electrons. The van der Waals surface area contributed by atoms with Crippen molar-refractivity contribution in [3.63, 3.8) is 0 Å². The molecule has 0 bridgehead atoms. The van der Waals surface area contributed by atoms with Crippen LogP contribution in [0, 0.1) is 0 Å². The van der Waals surface area contributed by atoms with E-state index in [-0.39, 0.29) is 6.54 Å². The monoisotopic (exact) mass is 258 g/mol. The lowest BCUT2D eigenvalue weighted by molar-refractivity contribution is -0.135. The smallest absolute Gasteiger partial charge is 0.357 e. The molecule has 1 rings (SSSR count). The molecule has 17 heavy (non-hydrogen) atoms. The van der Waals surface area contributed by atoms with Crippen LogP contribution in [0.4, 0.5) is 0 Å². The summed E-state index contributed by atoms with van der Waals surface area (Å²) < 4.78 is 4.81. The summed E-state index contributed by atoms with van der Waals surface area (Å²) in [5.41, 5.74) is 0.310. The largest absolute Gasteiger partial charge is 0.480 e. The number of aliphatic carboxylic acids is 1. The van der Waals surface area contributed by atoms with Crippen molar-refractivity contribution in [2.45, 2.75) is 13.3 Å². The Labute approximate surface area is 103 Å². The molecule has 2 N–H and O–H groups in total. The van der Waals surface area contributed by atoms with Crippen molar-refractivity contribution in [1.29, 1.82) is 0 Å². The van der Waals surface area contributed by atoms with Crippen LogP contribution in [0.2, 0.25) is 0 Å². The molecular formula is C10H14N2O4S. The number of rotatable bonds is 7. The molecule has 0 saturated heterocycles. The maximum atomic E-state index is 11.3. The van der Waals surface area contributed by atoms with Gasteiger partial charge in [-0.3, -0.25) is 4.79 Å². The van der Waals surface area contributed by atoms with Crippen LogP contribution in [-0.4, -0.2) is 41.7 Å². The summed E-state index contributed by atoms with van der Waals surface area (Å²) in [7, 11) is 0. The van der Waals surface area contributed by atoms with Crippen LogP contribution in [0.25, 0.3) is 0 Å². The first-order valence-electron chi connectivity index (χ1n) is 5.17. The van der Waals surface area contributed by atoms with E-state index in [9.17, 15) is 9.59 Å². The van der Waals surface area contributed by atoms with E-state index in [0.717, 1.165) is 5.01 Å². The molecule has 0 atom stereocenters. The summed E-state index contributed by atoms with van der Waals surface area (Å²) in [6.07, 6.45) is 0.595. The van der Waals surface area contributed by atoms with Crippen molar-refractivity contribution in [2.24, 2.45) is 0 Å². The molecule has 0 fully saturated rings. The second-order valence-corrected chi connectivity index (χ2v) is 4.11. The minimum absolute atomic E-state index is 0.0733. The average molecular weight is 258 g/mol. The number of esters is 1. The van der Waals surface area contributed by atoms with Gasteiger partial charge in [0, 0.05) is 18.3 Å². The summed E-state index contributed by atoms with van der Waals surface area (Å²) in [4.78, 5) is 25.6. The molecule has 94 valence electrons. The summed E-state index contributed by atoms with van der Waals surface area (Å²) in [6, 6.07) is 0. The van der Waals surface area contributed by atoms with Gasteiger partial charge >= 0.3 is 11.9 Å². The van der Waals surface area contributed by atoms with Crippen LogP contribution in [-0.2, 0) is 16.0 Å². The van der Waals surface area contributed by atoms with Crippen LogP contribution in [0.3, 0.4) is 0 Å². The van der Waals surface area contributed by atoms with Gasteiger partial charge in [-0.05, 0) is 6.92 Å². The van der Waals surface area contributed by atoms with Crippen molar-refractivity contribution in [3.05, 3.63) is 16.1 Å². The minimum atomic E-state index is -0.892. The fourth-order valence-corrected chi connectivity index (χ4v) is 1.88. The van der Waals surface area contributed by atoms with Gasteiger partial charge in [0.1, 0.15) is 0 Å². The standard InChI is InChI=1S/C10H14N2O4S/c1-2-16-10(15)7-6-17-8(12-7)3-4-11-5-9(13)14/h6,11H,2-5H2,1H3,(H,13,14). The Morgan fingerprint density at radius 2 is 2.35 bits per heavy atom. The SMILES string of the molecule is CCOC(=O)c1csc(CCNCC(=O)O)n1. The molecule has 0 amide bonds. The van der Waals surface area contributed by atoms with Crippen LogP contribution < -0.4 is 5.32 Å². The van der Waals surface area contributed by atoms with E-state index in [4.69, 9.17) is 9.84 Å². The number of hydrogen-bond acceptors (Lipinski definition) is 6.